The zero-order valence-electron chi connectivity index (χ0n) is 9.88. The Balaban J connectivity index is 2.55. The Morgan fingerprint density at radius 3 is 2.94 bits per heavy atom. The maximum atomic E-state index is 11.7. The molecular weight excluding hydrogens is 238 g/mol. The van der Waals surface area contributed by atoms with Crippen LogP contribution in [0.25, 0.3) is 0 Å². The smallest absolute Gasteiger partial charge is 0.265 e. The third-order valence-corrected chi connectivity index (χ3v) is 2.67. The fraction of sp³-hybridized carbons (Fsp3) is 0.333. The van der Waals surface area contributed by atoms with Crippen LogP contribution in [0.1, 0.15) is 10.4 Å². The number of amides is 1. The van der Waals surface area contributed by atoms with E-state index in [0.29, 0.717) is 29.0 Å². The van der Waals surface area contributed by atoms with Gasteiger partial charge in [-0.05, 0) is 12.1 Å². The van der Waals surface area contributed by atoms with Crippen molar-refractivity contribution in [1.29, 1.82) is 0 Å². The highest BCUT2D eigenvalue weighted by Crippen LogP contribution is 2.40. The third kappa shape index (κ3) is 2.02. The minimum absolute atomic E-state index is 0.107. The monoisotopic (exact) mass is 251 g/mol. The van der Waals surface area contributed by atoms with E-state index in [1.165, 1.54) is 18.1 Å². The van der Waals surface area contributed by atoms with Crippen LogP contribution in [0.3, 0.4) is 0 Å². The molecule has 0 saturated heterocycles. The molecule has 0 bridgehead atoms. The minimum atomic E-state index is -0.262. The number of carbonyl (C=O) groups is 2. The van der Waals surface area contributed by atoms with E-state index in [4.69, 9.17) is 14.6 Å². The number of rotatable bonds is 4. The molecule has 1 aliphatic heterocycles. The first-order chi connectivity index (χ1) is 8.71. The molecule has 1 amide bonds. The van der Waals surface area contributed by atoms with Crippen LogP contribution < -0.4 is 14.4 Å². The van der Waals surface area contributed by atoms with Crippen LogP contribution in [0.4, 0.5) is 5.69 Å². The van der Waals surface area contributed by atoms with Crippen molar-refractivity contribution in [2.75, 3.05) is 31.8 Å². The number of hydrogen-bond donors (Lipinski definition) is 1. The molecule has 0 fully saturated rings. The Morgan fingerprint density at radius 2 is 2.33 bits per heavy atom. The fourth-order valence-corrected chi connectivity index (χ4v) is 1.86. The normalized spacial score (nSPS) is 13.9. The Morgan fingerprint density at radius 1 is 1.56 bits per heavy atom. The Kier molecular flexibility index (Phi) is 3.47. The van der Waals surface area contributed by atoms with Crippen molar-refractivity contribution in [3.05, 3.63) is 17.7 Å². The second kappa shape index (κ2) is 5.05. The largest absolute Gasteiger partial charge is 0.493 e. The Labute approximate surface area is 104 Å². The average Bonchev–Trinajstić information content (AvgIpc) is 2.40. The van der Waals surface area contributed by atoms with Gasteiger partial charge in [0, 0.05) is 12.1 Å². The highest BCUT2D eigenvalue weighted by atomic mass is 16.5. The summed E-state index contributed by atoms with van der Waals surface area (Å²) < 4.78 is 10.5. The van der Waals surface area contributed by atoms with Gasteiger partial charge in [0.25, 0.3) is 5.91 Å². The number of fused-ring (bicyclic) bond motifs is 1. The first kappa shape index (κ1) is 12.4. The van der Waals surface area contributed by atoms with Crippen LogP contribution in [-0.2, 0) is 4.79 Å². The fourth-order valence-electron chi connectivity index (χ4n) is 1.86. The van der Waals surface area contributed by atoms with Crippen molar-refractivity contribution in [1.82, 2.24) is 0 Å². The molecular formula is C12H13NO5. The quantitative estimate of drug-likeness (QED) is 0.775. The number of nitrogens with zero attached hydrogens (tertiary/aromatic N) is 1. The van der Waals surface area contributed by atoms with Crippen LogP contribution in [0, 0.1) is 0 Å². The van der Waals surface area contributed by atoms with Gasteiger partial charge >= 0.3 is 0 Å². The summed E-state index contributed by atoms with van der Waals surface area (Å²) in [7, 11) is 1.46. The van der Waals surface area contributed by atoms with E-state index in [1.807, 2.05) is 0 Å². The van der Waals surface area contributed by atoms with Crippen LogP contribution >= 0.6 is 0 Å². The van der Waals surface area contributed by atoms with Gasteiger partial charge in [-0.2, -0.15) is 0 Å². The lowest BCUT2D eigenvalue weighted by atomic mass is 10.1. The molecule has 6 heteroatoms. The molecule has 1 aromatic carbocycles. The molecule has 0 aromatic heterocycles. The van der Waals surface area contributed by atoms with Gasteiger partial charge in [0.2, 0.25) is 0 Å². The number of aldehydes is 1. The van der Waals surface area contributed by atoms with Crippen molar-refractivity contribution in [2.45, 2.75) is 0 Å². The summed E-state index contributed by atoms with van der Waals surface area (Å²) in [4.78, 5) is 23.9. The van der Waals surface area contributed by atoms with Crippen molar-refractivity contribution < 1.29 is 24.2 Å². The molecule has 1 heterocycles. The SMILES string of the molecule is COc1cc(C=O)cc2c1OCC(=O)N2CCO. The lowest BCUT2D eigenvalue weighted by molar-refractivity contribution is -0.121. The summed E-state index contributed by atoms with van der Waals surface area (Å²) in [6, 6.07) is 3.08. The molecule has 2 rings (SSSR count). The first-order valence-electron chi connectivity index (χ1n) is 5.42. The highest BCUT2D eigenvalue weighted by molar-refractivity contribution is 5.99. The molecule has 0 saturated carbocycles. The number of β-amino-alcohol motifs (C(OH)–C–C–N with tert-alkyl or cyclic N) is 1. The molecule has 0 radical (unpaired) electrons. The summed E-state index contributed by atoms with van der Waals surface area (Å²) in [5, 5.41) is 8.98. The number of ether oxygens (including phenoxy) is 2. The van der Waals surface area contributed by atoms with Crippen molar-refractivity contribution >= 4 is 17.9 Å². The van der Waals surface area contributed by atoms with Crippen molar-refractivity contribution in [3.8, 4) is 11.5 Å². The van der Waals surface area contributed by atoms with E-state index in [-0.39, 0.29) is 25.7 Å². The second-order valence-corrected chi connectivity index (χ2v) is 3.75. The summed E-state index contributed by atoms with van der Waals surface area (Å²) in [5.41, 5.74) is 0.827. The first-order valence-corrected chi connectivity index (χ1v) is 5.42. The summed E-state index contributed by atoms with van der Waals surface area (Å²) in [5.74, 6) is 0.544. The molecule has 0 unspecified atom stereocenters. The molecule has 1 N–H and O–H groups in total. The van der Waals surface area contributed by atoms with Gasteiger partial charge in [-0.1, -0.05) is 0 Å². The average molecular weight is 251 g/mol. The van der Waals surface area contributed by atoms with Gasteiger partial charge < -0.3 is 19.5 Å². The topological polar surface area (TPSA) is 76.1 Å². The third-order valence-electron chi connectivity index (χ3n) is 2.67. The van der Waals surface area contributed by atoms with Crippen molar-refractivity contribution in [3.63, 3.8) is 0 Å². The number of carbonyl (C=O) groups excluding carboxylic acids is 2. The summed E-state index contributed by atoms with van der Waals surface area (Å²) >= 11 is 0. The second-order valence-electron chi connectivity index (χ2n) is 3.75. The molecule has 1 aromatic rings. The van der Waals surface area contributed by atoms with E-state index < -0.39 is 0 Å². The predicted octanol–water partition coefficient (Wildman–Crippen LogP) is 0.225. The minimum Gasteiger partial charge on any atom is -0.493 e. The van der Waals surface area contributed by atoms with E-state index in [0.717, 1.165) is 0 Å². The zero-order valence-corrected chi connectivity index (χ0v) is 9.88. The van der Waals surface area contributed by atoms with Crippen LogP contribution in [0.5, 0.6) is 11.5 Å². The van der Waals surface area contributed by atoms with Gasteiger partial charge in [0.1, 0.15) is 6.29 Å². The standard InChI is InChI=1S/C12H13NO5/c1-17-10-5-8(6-15)4-9-12(10)18-7-11(16)13(9)2-3-14/h4-6,14H,2-3,7H2,1H3. The number of hydrogen-bond acceptors (Lipinski definition) is 5. The van der Waals surface area contributed by atoms with Crippen LogP contribution in [-0.4, -0.2) is 44.2 Å². The lowest BCUT2D eigenvalue weighted by Gasteiger charge is -2.30. The summed E-state index contributed by atoms with van der Waals surface area (Å²) in [6.45, 7) is -0.122. The molecule has 1 aliphatic rings. The maximum Gasteiger partial charge on any atom is 0.265 e. The number of aliphatic hydroxyl groups is 1. The predicted molar refractivity (Wildman–Crippen MR) is 63.3 cm³/mol. The highest BCUT2D eigenvalue weighted by Gasteiger charge is 2.28. The lowest BCUT2D eigenvalue weighted by Crippen LogP contribution is -2.40. The molecule has 6 nitrogen and oxygen atoms in total. The van der Waals surface area contributed by atoms with Crippen LogP contribution in [0.2, 0.25) is 0 Å². The van der Waals surface area contributed by atoms with E-state index in [1.54, 1.807) is 6.07 Å². The van der Waals surface area contributed by atoms with Gasteiger partial charge in [0.15, 0.2) is 18.1 Å². The maximum absolute atomic E-state index is 11.7. The number of benzene rings is 1. The molecule has 96 valence electrons. The van der Waals surface area contributed by atoms with E-state index in [9.17, 15) is 9.59 Å². The zero-order chi connectivity index (χ0) is 13.1. The van der Waals surface area contributed by atoms with Gasteiger partial charge in [-0.15, -0.1) is 0 Å². The Hall–Kier alpha value is -2.08. The van der Waals surface area contributed by atoms with E-state index in [2.05, 4.69) is 0 Å². The van der Waals surface area contributed by atoms with Gasteiger partial charge in [-0.25, -0.2) is 0 Å². The van der Waals surface area contributed by atoms with Gasteiger partial charge in [-0.3, -0.25) is 9.59 Å². The number of methoxy groups -OCH3 is 1. The molecule has 0 spiro atoms. The molecule has 0 atom stereocenters. The number of anilines is 1. The van der Waals surface area contributed by atoms with Crippen LogP contribution in [0.15, 0.2) is 12.1 Å². The Bertz CT molecular complexity index is 486. The van der Waals surface area contributed by atoms with E-state index >= 15 is 0 Å². The summed E-state index contributed by atoms with van der Waals surface area (Å²) in [6.07, 6.45) is 0.666. The van der Waals surface area contributed by atoms with Gasteiger partial charge in [0.05, 0.1) is 19.4 Å². The number of aliphatic hydroxyl groups excluding tert-OH is 1. The molecule has 0 aliphatic carbocycles. The molecule has 18 heavy (non-hydrogen) atoms. The van der Waals surface area contributed by atoms with Crippen molar-refractivity contribution in [2.24, 2.45) is 0 Å².